The number of nitrogens with zero attached hydrogens (tertiary/aromatic N) is 1. The second kappa shape index (κ2) is 14.4. The molecule has 1 amide bonds. The lowest BCUT2D eigenvalue weighted by molar-refractivity contribution is -0.276. The lowest BCUT2D eigenvalue weighted by Gasteiger charge is -2.43. The largest absolute Gasteiger partial charge is 0.481 e. The number of aliphatic hydroxyl groups is 1. The molecule has 1 aliphatic heterocycles. The lowest BCUT2D eigenvalue weighted by atomic mass is 9.89. The molecule has 0 bridgehead atoms. The zero-order chi connectivity index (χ0) is 29.4. The number of carbonyl (C=O) groups is 2. The maximum atomic E-state index is 12.4. The van der Waals surface area contributed by atoms with Gasteiger partial charge in [-0.25, -0.2) is 0 Å². The van der Waals surface area contributed by atoms with E-state index >= 15 is 0 Å². The molecular formula is C33H40N2O6. The third kappa shape index (κ3) is 8.24. The zero-order valence-electron chi connectivity index (χ0n) is 23.9. The van der Waals surface area contributed by atoms with Gasteiger partial charge in [-0.05, 0) is 49.2 Å². The molecule has 1 heterocycles. The van der Waals surface area contributed by atoms with Crippen molar-refractivity contribution in [1.82, 2.24) is 4.90 Å². The van der Waals surface area contributed by atoms with E-state index in [9.17, 15) is 14.7 Å². The zero-order valence-corrected chi connectivity index (χ0v) is 23.9. The Bertz CT molecular complexity index is 1280. The third-order valence-electron chi connectivity index (χ3n) is 7.77. The van der Waals surface area contributed by atoms with E-state index in [4.69, 9.17) is 14.6 Å². The number of anilines is 1. The van der Waals surface area contributed by atoms with Crippen LogP contribution in [0.4, 0.5) is 5.69 Å². The van der Waals surface area contributed by atoms with E-state index in [1.54, 1.807) is 6.07 Å². The Hall–Kier alpha value is -3.56. The van der Waals surface area contributed by atoms with Crippen LogP contribution in [0.2, 0.25) is 0 Å². The minimum atomic E-state index is -0.917. The first-order valence-electron chi connectivity index (χ1n) is 14.1. The molecule has 3 aromatic carbocycles. The van der Waals surface area contributed by atoms with Crippen molar-refractivity contribution in [2.75, 3.05) is 18.9 Å². The number of nitrogens with one attached hydrogen (secondary N) is 1. The molecule has 3 aromatic rings. The fourth-order valence-electron chi connectivity index (χ4n) is 5.14. The van der Waals surface area contributed by atoms with E-state index in [0.717, 1.165) is 16.7 Å². The van der Waals surface area contributed by atoms with E-state index in [1.807, 2.05) is 60.7 Å². The normalized spacial score (nSPS) is 21.4. The van der Waals surface area contributed by atoms with E-state index < -0.39 is 12.3 Å². The molecule has 8 nitrogen and oxygen atoms in total. The van der Waals surface area contributed by atoms with Crippen LogP contribution >= 0.6 is 0 Å². The van der Waals surface area contributed by atoms with Crippen molar-refractivity contribution in [3.8, 4) is 0 Å². The van der Waals surface area contributed by atoms with Crippen LogP contribution in [0.1, 0.15) is 73.8 Å². The number of carbonyl (C=O) groups excluding carboxylic acids is 1. The Balaban J connectivity index is 1.55. The number of carboxylic acid groups (broad SMARTS) is 1. The summed E-state index contributed by atoms with van der Waals surface area (Å²) in [5.41, 5.74) is 4.46. The predicted molar refractivity (Wildman–Crippen MR) is 157 cm³/mol. The Morgan fingerprint density at radius 2 is 1.68 bits per heavy atom. The van der Waals surface area contributed by atoms with Crippen molar-refractivity contribution < 1.29 is 29.3 Å². The van der Waals surface area contributed by atoms with Gasteiger partial charge in [0.2, 0.25) is 5.91 Å². The van der Waals surface area contributed by atoms with Crippen LogP contribution in [0.3, 0.4) is 0 Å². The standard InChI is InChI=1S/C33H40N2O6/c1-22-29(20-35(3)23(2)25-9-5-4-6-10-25)40-33(41-32(22)26-17-15-24(21-36)16-18-26)27-11-7-12-28(19-27)34-30(37)13-8-14-31(38)39/h4-7,9-12,15-19,22-23,29,32-33,36H,8,13-14,20-21H2,1-3H3,(H,34,37)(H,38,39)/t22-,23+,29+,32+,33+/m1/s1. The molecule has 1 aliphatic rings. The van der Waals surface area contributed by atoms with Gasteiger partial charge in [-0.15, -0.1) is 0 Å². The first-order chi connectivity index (χ1) is 19.7. The summed E-state index contributed by atoms with van der Waals surface area (Å²) in [7, 11) is 2.10. The van der Waals surface area contributed by atoms with Crippen molar-refractivity contribution in [3.63, 3.8) is 0 Å². The molecule has 218 valence electrons. The fraction of sp³-hybridized carbons (Fsp3) is 0.394. The third-order valence-corrected chi connectivity index (χ3v) is 7.77. The minimum absolute atomic E-state index is 0.0211. The molecule has 1 fully saturated rings. The molecule has 1 saturated heterocycles. The highest BCUT2D eigenvalue weighted by Crippen LogP contribution is 2.42. The van der Waals surface area contributed by atoms with Crippen molar-refractivity contribution >= 4 is 17.6 Å². The van der Waals surface area contributed by atoms with Gasteiger partial charge in [0, 0.05) is 42.6 Å². The summed E-state index contributed by atoms with van der Waals surface area (Å²) in [6, 6.07) is 25.8. The first kappa shape index (κ1) is 30.4. The van der Waals surface area contributed by atoms with E-state index in [-0.39, 0.29) is 55.9 Å². The Morgan fingerprint density at radius 1 is 0.951 bits per heavy atom. The van der Waals surface area contributed by atoms with Gasteiger partial charge in [-0.1, -0.05) is 73.7 Å². The maximum absolute atomic E-state index is 12.4. The second-order valence-electron chi connectivity index (χ2n) is 10.8. The lowest BCUT2D eigenvalue weighted by Crippen LogP contribution is -2.44. The SMILES string of the molecule is C[C@@H]1[C@H](CN(C)[C@@H](C)c2ccccc2)O[C@H](c2cccc(NC(=O)CCCC(=O)O)c2)O[C@@H]1c1ccc(CO)cc1. The summed E-state index contributed by atoms with van der Waals surface area (Å²) >= 11 is 0. The summed E-state index contributed by atoms with van der Waals surface area (Å²) in [4.78, 5) is 25.4. The van der Waals surface area contributed by atoms with Gasteiger partial charge in [0.1, 0.15) is 0 Å². The predicted octanol–water partition coefficient (Wildman–Crippen LogP) is 5.86. The number of aliphatic carboxylic acids is 1. The highest BCUT2D eigenvalue weighted by molar-refractivity contribution is 5.90. The average molecular weight is 561 g/mol. The Morgan fingerprint density at radius 3 is 2.37 bits per heavy atom. The number of benzene rings is 3. The number of carboxylic acids is 1. The Kier molecular flexibility index (Phi) is 10.7. The molecule has 0 unspecified atom stereocenters. The molecule has 0 spiro atoms. The van der Waals surface area contributed by atoms with Crippen LogP contribution in [0.5, 0.6) is 0 Å². The van der Waals surface area contributed by atoms with Crippen LogP contribution in [0.15, 0.2) is 78.9 Å². The Labute approximate surface area is 241 Å². The summed E-state index contributed by atoms with van der Waals surface area (Å²) in [5, 5.41) is 21.2. The van der Waals surface area contributed by atoms with Gasteiger partial charge in [0.05, 0.1) is 18.8 Å². The van der Waals surface area contributed by atoms with E-state index in [1.165, 1.54) is 5.56 Å². The number of likely N-dealkylation sites (N-methyl/N-ethyl adjacent to an activating group) is 1. The number of hydrogen-bond donors (Lipinski definition) is 3. The molecule has 8 heteroatoms. The fourth-order valence-corrected chi connectivity index (χ4v) is 5.14. The van der Waals surface area contributed by atoms with Crippen LogP contribution in [-0.2, 0) is 25.7 Å². The second-order valence-corrected chi connectivity index (χ2v) is 10.8. The van der Waals surface area contributed by atoms with Crippen molar-refractivity contribution in [1.29, 1.82) is 0 Å². The van der Waals surface area contributed by atoms with Gasteiger partial charge >= 0.3 is 5.97 Å². The number of amides is 1. The summed E-state index contributed by atoms with van der Waals surface area (Å²) in [6.07, 6.45) is -0.703. The van der Waals surface area contributed by atoms with Gasteiger partial charge in [-0.2, -0.15) is 0 Å². The molecule has 0 saturated carbocycles. The molecule has 41 heavy (non-hydrogen) atoms. The molecule has 0 aliphatic carbocycles. The smallest absolute Gasteiger partial charge is 0.303 e. The van der Waals surface area contributed by atoms with Crippen molar-refractivity contribution in [2.45, 2.75) is 64.3 Å². The molecule has 5 atom stereocenters. The van der Waals surface area contributed by atoms with E-state index in [2.05, 4.69) is 43.2 Å². The average Bonchev–Trinajstić information content (AvgIpc) is 2.98. The first-order valence-corrected chi connectivity index (χ1v) is 14.1. The van der Waals surface area contributed by atoms with Crippen molar-refractivity contribution in [3.05, 3.63) is 101 Å². The van der Waals surface area contributed by atoms with Crippen LogP contribution in [0.25, 0.3) is 0 Å². The van der Waals surface area contributed by atoms with Crippen molar-refractivity contribution in [2.24, 2.45) is 5.92 Å². The number of rotatable bonds is 12. The minimum Gasteiger partial charge on any atom is -0.481 e. The topological polar surface area (TPSA) is 108 Å². The molecule has 4 rings (SSSR count). The molecule has 0 radical (unpaired) electrons. The van der Waals surface area contributed by atoms with Gasteiger partial charge < -0.3 is 25.0 Å². The molecule has 3 N–H and O–H groups in total. The van der Waals surface area contributed by atoms with Gasteiger partial charge in [0.15, 0.2) is 6.29 Å². The monoisotopic (exact) mass is 560 g/mol. The number of aliphatic hydroxyl groups excluding tert-OH is 1. The number of ether oxygens (including phenoxy) is 2. The summed E-state index contributed by atoms with van der Waals surface area (Å²) in [6.45, 7) is 4.99. The number of hydrogen-bond acceptors (Lipinski definition) is 6. The van der Waals surface area contributed by atoms with Crippen LogP contribution in [0, 0.1) is 5.92 Å². The van der Waals surface area contributed by atoms with Gasteiger partial charge in [0.25, 0.3) is 0 Å². The van der Waals surface area contributed by atoms with E-state index in [0.29, 0.717) is 12.2 Å². The quantitative estimate of drug-likeness (QED) is 0.255. The maximum Gasteiger partial charge on any atom is 0.303 e. The molecule has 0 aromatic heterocycles. The molecular weight excluding hydrogens is 520 g/mol. The summed E-state index contributed by atoms with van der Waals surface area (Å²) in [5.74, 6) is -1.12. The summed E-state index contributed by atoms with van der Waals surface area (Å²) < 4.78 is 13.2. The van der Waals surface area contributed by atoms with Gasteiger partial charge in [-0.3, -0.25) is 14.5 Å². The highest BCUT2D eigenvalue weighted by Gasteiger charge is 2.39. The van der Waals surface area contributed by atoms with Crippen LogP contribution < -0.4 is 5.32 Å². The van der Waals surface area contributed by atoms with Crippen LogP contribution in [-0.4, -0.2) is 46.7 Å². The highest BCUT2D eigenvalue weighted by atomic mass is 16.7.